The second-order valence-electron chi connectivity index (χ2n) is 5.71. The average Bonchev–Trinajstić information content (AvgIpc) is 3.13. The Morgan fingerprint density at radius 1 is 1.55 bits per heavy atom. The molecule has 3 atom stereocenters. The third-order valence-corrected chi connectivity index (χ3v) is 4.91. The molecule has 2 N–H and O–H groups in total. The highest BCUT2D eigenvalue weighted by Gasteiger charge is 2.33. The number of amides is 1. The van der Waals surface area contributed by atoms with Crippen LogP contribution in [0.1, 0.15) is 36.0 Å². The predicted octanol–water partition coefficient (Wildman–Crippen LogP) is 1.46. The quantitative estimate of drug-likeness (QED) is 0.894. The Morgan fingerprint density at radius 2 is 2.41 bits per heavy atom. The highest BCUT2D eigenvalue weighted by Crippen LogP contribution is 2.28. The minimum Gasteiger partial charge on any atom is -0.389 e. The number of aliphatic hydroxyl groups excluding tert-OH is 1. The molecule has 1 aliphatic rings. The van der Waals surface area contributed by atoms with Crippen LogP contribution in [0, 0.1) is 6.92 Å². The lowest BCUT2D eigenvalue weighted by molar-refractivity contribution is -0.122. The number of hydrogen-bond donors (Lipinski definition) is 2. The first-order valence-corrected chi connectivity index (χ1v) is 8.37. The summed E-state index contributed by atoms with van der Waals surface area (Å²) >= 11 is 1.54. The molecule has 7 heteroatoms. The fourth-order valence-electron chi connectivity index (χ4n) is 3.02. The number of aryl methyl sites for hydroxylation is 1. The topological polar surface area (TPSA) is 80.0 Å². The van der Waals surface area contributed by atoms with E-state index in [4.69, 9.17) is 0 Å². The molecule has 118 valence electrons. The minimum absolute atomic E-state index is 0.0249. The number of imidazole rings is 1. The molecule has 1 amide bonds. The van der Waals surface area contributed by atoms with E-state index in [0.29, 0.717) is 0 Å². The molecule has 1 saturated carbocycles. The molecule has 0 spiro atoms. The molecule has 22 heavy (non-hydrogen) atoms. The van der Waals surface area contributed by atoms with Gasteiger partial charge in [-0.15, -0.1) is 11.3 Å². The number of aromatic nitrogens is 3. The SMILES string of the molecule is Cc1nc(CC(=O)N[C@@H]2CCC[C@@H](n3ccnc3)[C@@H]2O)cs1. The first kappa shape index (κ1) is 15.2. The van der Waals surface area contributed by atoms with Crippen molar-refractivity contribution in [3.05, 3.63) is 34.8 Å². The molecular formula is C15H20N4O2S. The first-order chi connectivity index (χ1) is 10.6. The van der Waals surface area contributed by atoms with E-state index in [2.05, 4.69) is 15.3 Å². The van der Waals surface area contributed by atoms with Crippen molar-refractivity contribution in [1.82, 2.24) is 19.9 Å². The fraction of sp³-hybridized carbons (Fsp3) is 0.533. The van der Waals surface area contributed by atoms with Crippen LogP contribution in [0.15, 0.2) is 24.1 Å². The number of aliphatic hydroxyl groups is 1. The van der Waals surface area contributed by atoms with Crippen molar-refractivity contribution >= 4 is 17.2 Å². The van der Waals surface area contributed by atoms with Crippen LogP contribution in [-0.4, -0.2) is 37.7 Å². The van der Waals surface area contributed by atoms with Gasteiger partial charge in [0.25, 0.3) is 0 Å². The Labute approximate surface area is 133 Å². The number of nitrogens with one attached hydrogen (secondary N) is 1. The van der Waals surface area contributed by atoms with Gasteiger partial charge >= 0.3 is 0 Å². The van der Waals surface area contributed by atoms with E-state index in [1.165, 1.54) is 0 Å². The Balaban J connectivity index is 1.60. The van der Waals surface area contributed by atoms with Gasteiger partial charge in [0.15, 0.2) is 0 Å². The summed E-state index contributed by atoms with van der Waals surface area (Å²) in [7, 11) is 0. The van der Waals surface area contributed by atoms with E-state index < -0.39 is 6.10 Å². The maximum absolute atomic E-state index is 12.2. The summed E-state index contributed by atoms with van der Waals surface area (Å²) in [5, 5.41) is 16.4. The Morgan fingerprint density at radius 3 is 3.09 bits per heavy atom. The number of rotatable bonds is 4. The van der Waals surface area contributed by atoms with E-state index >= 15 is 0 Å². The molecule has 1 aliphatic carbocycles. The van der Waals surface area contributed by atoms with Gasteiger partial charge in [-0.25, -0.2) is 9.97 Å². The van der Waals surface area contributed by atoms with Crippen LogP contribution < -0.4 is 5.32 Å². The zero-order valence-electron chi connectivity index (χ0n) is 12.5. The first-order valence-electron chi connectivity index (χ1n) is 7.49. The van der Waals surface area contributed by atoms with Gasteiger partial charge in [-0.3, -0.25) is 4.79 Å². The fourth-order valence-corrected chi connectivity index (χ4v) is 3.63. The lowest BCUT2D eigenvalue weighted by Crippen LogP contribution is -2.49. The van der Waals surface area contributed by atoms with Crippen molar-refractivity contribution < 1.29 is 9.90 Å². The Bertz CT molecular complexity index is 625. The second kappa shape index (κ2) is 6.58. The molecule has 2 aromatic rings. The summed E-state index contributed by atoms with van der Waals surface area (Å²) in [6, 6.07) is -0.239. The van der Waals surface area contributed by atoms with Crippen molar-refractivity contribution in [2.45, 2.75) is 50.8 Å². The zero-order valence-corrected chi connectivity index (χ0v) is 13.3. The largest absolute Gasteiger partial charge is 0.389 e. The molecule has 0 aromatic carbocycles. The monoisotopic (exact) mass is 320 g/mol. The van der Waals surface area contributed by atoms with Gasteiger partial charge in [-0.1, -0.05) is 0 Å². The number of thiazole rings is 1. The summed E-state index contributed by atoms with van der Waals surface area (Å²) in [5.41, 5.74) is 0.788. The molecule has 2 aromatic heterocycles. The van der Waals surface area contributed by atoms with Gasteiger partial charge < -0.3 is 15.0 Å². The number of carbonyl (C=O) groups excluding carboxylic acids is 1. The maximum Gasteiger partial charge on any atom is 0.226 e. The van der Waals surface area contributed by atoms with E-state index in [1.54, 1.807) is 23.9 Å². The van der Waals surface area contributed by atoms with Gasteiger partial charge in [-0.2, -0.15) is 0 Å². The van der Waals surface area contributed by atoms with Crippen molar-refractivity contribution in [3.8, 4) is 0 Å². The standard InChI is InChI=1S/C15H20N4O2S/c1-10-17-11(8-22-10)7-14(20)18-12-3-2-4-13(15(12)21)19-6-5-16-9-19/h5-6,8-9,12-13,15,21H,2-4,7H2,1H3,(H,18,20)/t12-,13-,15-/m1/s1. The predicted molar refractivity (Wildman–Crippen MR) is 83.6 cm³/mol. The van der Waals surface area contributed by atoms with Gasteiger partial charge in [0.2, 0.25) is 5.91 Å². The minimum atomic E-state index is -0.593. The lowest BCUT2D eigenvalue weighted by atomic mass is 9.88. The van der Waals surface area contributed by atoms with Crippen LogP contribution in [0.2, 0.25) is 0 Å². The van der Waals surface area contributed by atoms with E-state index in [9.17, 15) is 9.90 Å². The van der Waals surface area contributed by atoms with Crippen molar-refractivity contribution in [2.24, 2.45) is 0 Å². The highest BCUT2D eigenvalue weighted by atomic mass is 32.1. The van der Waals surface area contributed by atoms with Crippen molar-refractivity contribution in [3.63, 3.8) is 0 Å². The Hall–Kier alpha value is -1.73. The molecule has 0 radical (unpaired) electrons. The van der Waals surface area contributed by atoms with E-state index in [0.717, 1.165) is 30.0 Å². The van der Waals surface area contributed by atoms with Crippen molar-refractivity contribution in [1.29, 1.82) is 0 Å². The molecule has 2 heterocycles. The summed E-state index contributed by atoms with van der Waals surface area (Å²) < 4.78 is 1.92. The molecule has 0 saturated heterocycles. The van der Waals surface area contributed by atoms with Crippen molar-refractivity contribution in [2.75, 3.05) is 0 Å². The molecule has 0 aliphatic heterocycles. The van der Waals surface area contributed by atoms with Gasteiger partial charge in [0, 0.05) is 17.8 Å². The van der Waals surface area contributed by atoms with Crippen LogP contribution in [-0.2, 0) is 11.2 Å². The molecule has 0 unspecified atom stereocenters. The third kappa shape index (κ3) is 3.36. The van der Waals surface area contributed by atoms with Crippen LogP contribution in [0.3, 0.4) is 0 Å². The average molecular weight is 320 g/mol. The number of carbonyl (C=O) groups is 1. The summed E-state index contributed by atoms with van der Waals surface area (Å²) in [5.74, 6) is -0.0827. The zero-order chi connectivity index (χ0) is 15.5. The molecule has 3 rings (SSSR count). The second-order valence-corrected chi connectivity index (χ2v) is 6.77. The summed E-state index contributed by atoms with van der Waals surface area (Å²) in [6.07, 6.45) is 7.63. The molecular weight excluding hydrogens is 300 g/mol. The van der Waals surface area contributed by atoms with Gasteiger partial charge in [0.05, 0.1) is 41.6 Å². The highest BCUT2D eigenvalue weighted by molar-refractivity contribution is 7.09. The normalized spacial score (nSPS) is 25.1. The number of nitrogens with zero attached hydrogens (tertiary/aromatic N) is 3. The molecule has 6 nitrogen and oxygen atoms in total. The summed E-state index contributed by atoms with van der Waals surface area (Å²) in [4.78, 5) is 20.5. The van der Waals surface area contributed by atoms with Crippen LogP contribution in [0.4, 0.5) is 0 Å². The molecule has 1 fully saturated rings. The van der Waals surface area contributed by atoms with E-state index in [-0.39, 0.29) is 24.4 Å². The third-order valence-electron chi connectivity index (χ3n) is 4.08. The van der Waals surface area contributed by atoms with Gasteiger partial charge in [0.1, 0.15) is 0 Å². The van der Waals surface area contributed by atoms with Gasteiger partial charge in [-0.05, 0) is 26.2 Å². The Kier molecular flexibility index (Phi) is 4.54. The lowest BCUT2D eigenvalue weighted by Gasteiger charge is -2.35. The number of hydrogen-bond acceptors (Lipinski definition) is 5. The van der Waals surface area contributed by atoms with Crippen LogP contribution in [0.5, 0.6) is 0 Å². The van der Waals surface area contributed by atoms with Crippen LogP contribution >= 0.6 is 11.3 Å². The van der Waals surface area contributed by atoms with E-state index in [1.807, 2.05) is 23.1 Å². The summed E-state index contributed by atoms with van der Waals surface area (Å²) in [6.45, 7) is 1.92. The maximum atomic E-state index is 12.2. The smallest absolute Gasteiger partial charge is 0.226 e. The molecule has 0 bridgehead atoms. The van der Waals surface area contributed by atoms with Crippen LogP contribution in [0.25, 0.3) is 0 Å².